The molecule has 0 aliphatic carbocycles. The standard InChI is InChI=1S/C11H24N2O2/c1-9(6-15-4)5-10(14)13-8-11(2,3)7-12/h9H,5-8,12H2,1-4H3,(H,13,14). The Bertz CT molecular complexity index is 193. The van der Waals surface area contributed by atoms with Crippen molar-refractivity contribution in [1.82, 2.24) is 5.32 Å². The third-order valence-electron chi connectivity index (χ3n) is 2.30. The number of nitrogens with one attached hydrogen (secondary N) is 1. The van der Waals surface area contributed by atoms with E-state index in [9.17, 15) is 4.79 Å². The van der Waals surface area contributed by atoms with Crippen molar-refractivity contribution in [3.8, 4) is 0 Å². The van der Waals surface area contributed by atoms with Crippen molar-refractivity contribution in [1.29, 1.82) is 0 Å². The molecule has 0 saturated carbocycles. The first-order chi connectivity index (χ1) is 6.91. The molecule has 1 atom stereocenters. The second kappa shape index (κ2) is 6.80. The van der Waals surface area contributed by atoms with E-state index in [-0.39, 0.29) is 17.2 Å². The van der Waals surface area contributed by atoms with E-state index >= 15 is 0 Å². The summed E-state index contributed by atoms with van der Waals surface area (Å²) in [7, 11) is 1.64. The van der Waals surface area contributed by atoms with Crippen molar-refractivity contribution in [3.05, 3.63) is 0 Å². The third kappa shape index (κ3) is 7.33. The lowest BCUT2D eigenvalue weighted by molar-refractivity contribution is -0.122. The van der Waals surface area contributed by atoms with E-state index < -0.39 is 0 Å². The first kappa shape index (κ1) is 14.4. The number of hydrogen-bond acceptors (Lipinski definition) is 3. The van der Waals surface area contributed by atoms with Crippen molar-refractivity contribution in [2.45, 2.75) is 27.2 Å². The summed E-state index contributed by atoms with van der Waals surface area (Å²) in [5.41, 5.74) is 5.54. The Morgan fingerprint density at radius 1 is 1.53 bits per heavy atom. The largest absolute Gasteiger partial charge is 0.384 e. The Morgan fingerprint density at radius 2 is 2.13 bits per heavy atom. The van der Waals surface area contributed by atoms with Crippen LogP contribution in [-0.4, -0.2) is 32.7 Å². The van der Waals surface area contributed by atoms with E-state index in [2.05, 4.69) is 5.32 Å². The molecule has 1 unspecified atom stereocenters. The van der Waals surface area contributed by atoms with Gasteiger partial charge < -0.3 is 15.8 Å². The zero-order valence-corrected chi connectivity index (χ0v) is 10.3. The summed E-state index contributed by atoms with van der Waals surface area (Å²) in [6.45, 7) is 7.88. The van der Waals surface area contributed by atoms with E-state index in [0.717, 1.165) is 0 Å². The van der Waals surface area contributed by atoms with Gasteiger partial charge in [0, 0.05) is 26.7 Å². The number of amides is 1. The Balaban J connectivity index is 3.75. The molecule has 0 spiro atoms. The zero-order valence-electron chi connectivity index (χ0n) is 10.3. The smallest absolute Gasteiger partial charge is 0.220 e. The van der Waals surface area contributed by atoms with E-state index in [1.807, 2.05) is 20.8 Å². The molecule has 4 nitrogen and oxygen atoms in total. The molecule has 0 saturated heterocycles. The molecule has 90 valence electrons. The van der Waals surface area contributed by atoms with Gasteiger partial charge in [0.05, 0.1) is 0 Å². The topological polar surface area (TPSA) is 64.3 Å². The number of nitrogens with two attached hydrogens (primary N) is 1. The molecule has 3 N–H and O–H groups in total. The number of rotatable bonds is 7. The van der Waals surface area contributed by atoms with Gasteiger partial charge in [-0.1, -0.05) is 20.8 Å². The number of methoxy groups -OCH3 is 1. The van der Waals surface area contributed by atoms with Crippen molar-refractivity contribution in [3.63, 3.8) is 0 Å². The van der Waals surface area contributed by atoms with Gasteiger partial charge in [-0.15, -0.1) is 0 Å². The van der Waals surface area contributed by atoms with Gasteiger partial charge in [-0.3, -0.25) is 4.79 Å². The monoisotopic (exact) mass is 216 g/mol. The van der Waals surface area contributed by atoms with Crippen LogP contribution in [0.2, 0.25) is 0 Å². The van der Waals surface area contributed by atoms with Gasteiger partial charge >= 0.3 is 0 Å². The van der Waals surface area contributed by atoms with Crippen LogP contribution in [-0.2, 0) is 9.53 Å². The summed E-state index contributed by atoms with van der Waals surface area (Å²) in [5.74, 6) is 0.331. The van der Waals surface area contributed by atoms with Gasteiger partial charge in [0.15, 0.2) is 0 Å². The molecular weight excluding hydrogens is 192 g/mol. The van der Waals surface area contributed by atoms with E-state index in [0.29, 0.717) is 26.1 Å². The second-order valence-corrected chi connectivity index (χ2v) is 4.91. The molecule has 4 heteroatoms. The van der Waals surface area contributed by atoms with Crippen LogP contribution in [0.4, 0.5) is 0 Å². The summed E-state index contributed by atoms with van der Waals surface area (Å²) in [4.78, 5) is 11.5. The first-order valence-corrected chi connectivity index (χ1v) is 5.37. The molecule has 0 aromatic rings. The van der Waals surface area contributed by atoms with E-state index in [1.165, 1.54) is 0 Å². The molecule has 0 fully saturated rings. The van der Waals surface area contributed by atoms with Crippen molar-refractivity contribution < 1.29 is 9.53 Å². The fourth-order valence-electron chi connectivity index (χ4n) is 1.14. The van der Waals surface area contributed by atoms with Gasteiger partial charge in [-0.2, -0.15) is 0 Å². The van der Waals surface area contributed by atoms with Crippen LogP contribution < -0.4 is 11.1 Å². The SMILES string of the molecule is COCC(C)CC(=O)NCC(C)(C)CN. The molecule has 0 bridgehead atoms. The highest BCUT2D eigenvalue weighted by atomic mass is 16.5. The Labute approximate surface area is 92.6 Å². The van der Waals surface area contributed by atoms with Crippen LogP contribution in [0.15, 0.2) is 0 Å². The van der Waals surface area contributed by atoms with Crippen LogP contribution in [0.1, 0.15) is 27.2 Å². The van der Waals surface area contributed by atoms with Crippen molar-refractivity contribution in [2.24, 2.45) is 17.1 Å². The second-order valence-electron chi connectivity index (χ2n) is 4.91. The maximum atomic E-state index is 11.5. The maximum absolute atomic E-state index is 11.5. The van der Waals surface area contributed by atoms with E-state index in [4.69, 9.17) is 10.5 Å². The molecule has 0 aliphatic heterocycles. The third-order valence-corrected chi connectivity index (χ3v) is 2.30. The molecule has 0 aromatic heterocycles. The zero-order chi connectivity index (χ0) is 11.9. The molecule has 15 heavy (non-hydrogen) atoms. The number of carbonyl (C=O) groups is 1. The number of carbonyl (C=O) groups excluding carboxylic acids is 1. The first-order valence-electron chi connectivity index (χ1n) is 5.37. The Hall–Kier alpha value is -0.610. The summed E-state index contributed by atoms with van der Waals surface area (Å²) < 4.78 is 4.97. The van der Waals surface area contributed by atoms with E-state index in [1.54, 1.807) is 7.11 Å². The minimum Gasteiger partial charge on any atom is -0.384 e. The molecule has 0 heterocycles. The predicted octanol–water partition coefficient (Wildman–Crippen LogP) is 0.760. The highest BCUT2D eigenvalue weighted by Crippen LogP contribution is 2.10. The van der Waals surface area contributed by atoms with Gasteiger partial charge in [-0.05, 0) is 17.9 Å². The molecule has 0 rings (SSSR count). The summed E-state index contributed by atoms with van der Waals surface area (Å²) in [6, 6.07) is 0. The molecule has 0 radical (unpaired) electrons. The summed E-state index contributed by atoms with van der Waals surface area (Å²) in [5, 5.41) is 2.89. The van der Waals surface area contributed by atoms with Gasteiger partial charge in [0.25, 0.3) is 0 Å². The van der Waals surface area contributed by atoms with Crippen LogP contribution in [0.25, 0.3) is 0 Å². The minimum atomic E-state index is -0.0276. The quantitative estimate of drug-likeness (QED) is 0.660. The van der Waals surface area contributed by atoms with Gasteiger partial charge in [-0.25, -0.2) is 0 Å². The summed E-state index contributed by atoms with van der Waals surface area (Å²) in [6.07, 6.45) is 0.508. The Kier molecular flexibility index (Phi) is 6.52. The normalized spacial score (nSPS) is 13.7. The molecule has 1 amide bonds. The highest BCUT2D eigenvalue weighted by molar-refractivity contribution is 5.76. The number of ether oxygens (including phenoxy) is 1. The Morgan fingerprint density at radius 3 is 2.60 bits per heavy atom. The molecule has 0 aliphatic rings. The lowest BCUT2D eigenvalue weighted by Crippen LogP contribution is -2.39. The van der Waals surface area contributed by atoms with Crippen LogP contribution >= 0.6 is 0 Å². The summed E-state index contributed by atoms with van der Waals surface area (Å²) >= 11 is 0. The van der Waals surface area contributed by atoms with Crippen molar-refractivity contribution >= 4 is 5.91 Å². The fraction of sp³-hybridized carbons (Fsp3) is 0.909. The van der Waals surface area contributed by atoms with Crippen LogP contribution in [0, 0.1) is 11.3 Å². The lowest BCUT2D eigenvalue weighted by atomic mass is 9.94. The fourth-order valence-corrected chi connectivity index (χ4v) is 1.14. The van der Waals surface area contributed by atoms with Crippen molar-refractivity contribution in [2.75, 3.05) is 26.8 Å². The van der Waals surface area contributed by atoms with Crippen LogP contribution in [0.5, 0.6) is 0 Å². The average Bonchev–Trinajstić information content (AvgIpc) is 2.15. The average molecular weight is 216 g/mol. The highest BCUT2D eigenvalue weighted by Gasteiger charge is 2.17. The molecule has 0 aromatic carbocycles. The van der Waals surface area contributed by atoms with Crippen LogP contribution in [0.3, 0.4) is 0 Å². The minimum absolute atomic E-state index is 0.0276. The molecular formula is C11H24N2O2. The van der Waals surface area contributed by atoms with Gasteiger partial charge in [0.2, 0.25) is 5.91 Å². The maximum Gasteiger partial charge on any atom is 0.220 e. The number of hydrogen-bond donors (Lipinski definition) is 2. The van der Waals surface area contributed by atoms with Gasteiger partial charge in [0.1, 0.15) is 0 Å². The lowest BCUT2D eigenvalue weighted by Gasteiger charge is -2.23. The predicted molar refractivity (Wildman–Crippen MR) is 61.5 cm³/mol.